The molecular formula is C16H18BrN3O2S. The van der Waals surface area contributed by atoms with Crippen LogP contribution in [0.2, 0.25) is 0 Å². The van der Waals surface area contributed by atoms with Crippen LogP contribution < -0.4 is 5.32 Å². The molecular weight excluding hydrogens is 378 g/mol. The van der Waals surface area contributed by atoms with Crippen LogP contribution in [0, 0.1) is 13.8 Å². The Kier molecular flexibility index (Phi) is 5.90. The zero-order chi connectivity index (χ0) is 17.0. The van der Waals surface area contributed by atoms with E-state index in [1.165, 1.54) is 16.2 Å². The van der Waals surface area contributed by atoms with Crippen LogP contribution in [0.15, 0.2) is 28.7 Å². The highest BCUT2D eigenvalue weighted by atomic mass is 79.9. The Morgan fingerprint density at radius 1 is 1.26 bits per heavy atom. The summed E-state index contributed by atoms with van der Waals surface area (Å²) in [5, 5.41) is 3.32. The molecule has 0 unspecified atom stereocenters. The van der Waals surface area contributed by atoms with E-state index in [2.05, 4.69) is 26.2 Å². The second-order valence-corrected chi connectivity index (χ2v) is 7.15. The van der Waals surface area contributed by atoms with Crippen LogP contribution in [-0.2, 0) is 4.79 Å². The van der Waals surface area contributed by atoms with E-state index in [-0.39, 0.29) is 18.4 Å². The number of halogens is 1. The molecule has 23 heavy (non-hydrogen) atoms. The SMILES string of the molecule is CCN(CC(=O)Nc1nc(C)c(C)s1)C(=O)c1ccc(Br)cc1. The molecule has 2 amide bonds. The summed E-state index contributed by atoms with van der Waals surface area (Å²) >= 11 is 4.77. The molecule has 1 N–H and O–H groups in total. The highest BCUT2D eigenvalue weighted by molar-refractivity contribution is 9.10. The lowest BCUT2D eigenvalue weighted by Crippen LogP contribution is -2.37. The highest BCUT2D eigenvalue weighted by Crippen LogP contribution is 2.21. The van der Waals surface area contributed by atoms with Gasteiger partial charge in [0.2, 0.25) is 5.91 Å². The Morgan fingerprint density at radius 2 is 1.91 bits per heavy atom. The fourth-order valence-electron chi connectivity index (χ4n) is 1.96. The molecule has 0 fully saturated rings. The van der Waals surface area contributed by atoms with Gasteiger partial charge in [0, 0.05) is 21.5 Å². The number of aryl methyl sites for hydroxylation is 2. The second-order valence-electron chi connectivity index (χ2n) is 5.04. The van der Waals surface area contributed by atoms with Crippen molar-refractivity contribution in [3.05, 3.63) is 44.9 Å². The van der Waals surface area contributed by atoms with Crippen LogP contribution >= 0.6 is 27.3 Å². The fourth-order valence-corrected chi connectivity index (χ4v) is 3.06. The lowest BCUT2D eigenvalue weighted by Gasteiger charge is -2.20. The maximum Gasteiger partial charge on any atom is 0.254 e. The molecule has 0 aliphatic heterocycles. The third-order valence-electron chi connectivity index (χ3n) is 3.37. The maximum absolute atomic E-state index is 12.5. The summed E-state index contributed by atoms with van der Waals surface area (Å²) in [7, 11) is 0. The molecule has 0 radical (unpaired) electrons. The minimum Gasteiger partial charge on any atom is -0.330 e. The lowest BCUT2D eigenvalue weighted by atomic mass is 10.2. The highest BCUT2D eigenvalue weighted by Gasteiger charge is 2.18. The smallest absolute Gasteiger partial charge is 0.254 e. The number of nitrogens with zero attached hydrogens (tertiary/aromatic N) is 2. The van der Waals surface area contributed by atoms with Crippen LogP contribution in [0.5, 0.6) is 0 Å². The molecule has 0 atom stereocenters. The Balaban J connectivity index is 2.01. The number of hydrogen-bond donors (Lipinski definition) is 1. The fraction of sp³-hybridized carbons (Fsp3) is 0.312. The molecule has 5 nitrogen and oxygen atoms in total. The zero-order valence-electron chi connectivity index (χ0n) is 13.2. The third kappa shape index (κ3) is 4.62. The Bertz CT molecular complexity index is 693. The van der Waals surface area contributed by atoms with E-state index in [1.54, 1.807) is 12.1 Å². The molecule has 122 valence electrons. The number of carbonyl (C=O) groups is 2. The molecule has 2 aromatic rings. The van der Waals surface area contributed by atoms with Gasteiger partial charge in [-0.15, -0.1) is 11.3 Å². The van der Waals surface area contributed by atoms with Gasteiger partial charge in [-0.2, -0.15) is 0 Å². The van der Waals surface area contributed by atoms with E-state index in [1.807, 2.05) is 32.9 Å². The van der Waals surface area contributed by atoms with Crippen molar-refractivity contribution in [3.8, 4) is 0 Å². The summed E-state index contributed by atoms with van der Waals surface area (Å²) in [5.41, 5.74) is 1.47. The van der Waals surface area contributed by atoms with Gasteiger partial charge in [0.15, 0.2) is 5.13 Å². The molecule has 7 heteroatoms. The van der Waals surface area contributed by atoms with Gasteiger partial charge in [0.05, 0.1) is 5.69 Å². The first kappa shape index (κ1) is 17.6. The Hall–Kier alpha value is -1.73. The molecule has 0 saturated heterocycles. The quantitative estimate of drug-likeness (QED) is 0.840. The molecule has 0 bridgehead atoms. The van der Waals surface area contributed by atoms with Crippen LogP contribution in [-0.4, -0.2) is 34.8 Å². The molecule has 1 aromatic heterocycles. The zero-order valence-corrected chi connectivity index (χ0v) is 15.6. The standard InChI is InChI=1S/C16H18BrN3O2S/c1-4-20(15(22)12-5-7-13(17)8-6-12)9-14(21)19-16-18-10(2)11(3)23-16/h5-8H,4,9H2,1-3H3,(H,18,19,21). The number of amides is 2. The number of likely N-dealkylation sites (N-methyl/N-ethyl adjacent to an activating group) is 1. The summed E-state index contributed by atoms with van der Waals surface area (Å²) < 4.78 is 0.907. The molecule has 0 saturated carbocycles. The monoisotopic (exact) mass is 395 g/mol. The number of nitrogens with one attached hydrogen (secondary N) is 1. The minimum absolute atomic E-state index is 0.00305. The van der Waals surface area contributed by atoms with Crippen molar-refractivity contribution in [1.29, 1.82) is 0 Å². The van der Waals surface area contributed by atoms with Crippen molar-refractivity contribution in [2.45, 2.75) is 20.8 Å². The van der Waals surface area contributed by atoms with Gasteiger partial charge in [-0.1, -0.05) is 15.9 Å². The van der Waals surface area contributed by atoms with E-state index in [0.29, 0.717) is 17.2 Å². The van der Waals surface area contributed by atoms with Crippen LogP contribution in [0.25, 0.3) is 0 Å². The molecule has 0 aliphatic rings. The number of benzene rings is 1. The summed E-state index contributed by atoms with van der Waals surface area (Å²) in [6.45, 7) is 6.16. The molecule has 0 spiro atoms. The van der Waals surface area contributed by atoms with Gasteiger partial charge in [0.1, 0.15) is 6.54 Å². The van der Waals surface area contributed by atoms with Crippen LogP contribution in [0.4, 0.5) is 5.13 Å². The molecule has 1 heterocycles. The van der Waals surface area contributed by atoms with Crippen molar-refractivity contribution >= 4 is 44.2 Å². The predicted octanol–water partition coefficient (Wildman–Crippen LogP) is 3.62. The van der Waals surface area contributed by atoms with Crippen molar-refractivity contribution in [1.82, 2.24) is 9.88 Å². The van der Waals surface area contributed by atoms with Crippen LogP contribution in [0.3, 0.4) is 0 Å². The predicted molar refractivity (Wildman–Crippen MR) is 95.9 cm³/mol. The number of thiazole rings is 1. The molecule has 1 aromatic carbocycles. The summed E-state index contributed by atoms with van der Waals surface area (Å²) in [5.74, 6) is -0.410. The minimum atomic E-state index is -0.244. The Labute approximate surface area is 147 Å². The van der Waals surface area contributed by atoms with Crippen molar-refractivity contribution < 1.29 is 9.59 Å². The largest absolute Gasteiger partial charge is 0.330 e. The summed E-state index contributed by atoms with van der Waals surface area (Å²) in [4.78, 5) is 31.4. The number of aromatic nitrogens is 1. The molecule has 0 aliphatic carbocycles. The topological polar surface area (TPSA) is 62.3 Å². The summed E-state index contributed by atoms with van der Waals surface area (Å²) in [6.07, 6.45) is 0. The van der Waals surface area contributed by atoms with Crippen molar-refractivity contribution in [3.63, 3.8) is 0 Å². The van der Waals surface area contributed by atoms with E-state index in [9.17, 15) is 9.59 Å². The molecule has 2 rings (SSSR count). The van der Waals surface area contributed by atoms with Crippen molar-refractivity contribution in [2.75, 3.05) is 18.4 Å². The van der Waals surface area contributed by atoms with Gasteiger partial charge in [-0.3, -0.25) is 9.59 Å². The Morgan fingerprint density at radius 3 is 2.43 bits per heavy atom. The number of carbonyl (C=O) groups excluding carboxylic acids is 2. The van der Waals surface area contributed by atoms with E-state index >= 15 is 0 Å². The maximum atomic E-state index is 12.5. The van der Waals surface area contributed by atoms with Gasteiger partial charge in [0.25, 0.3) is 5.91 Å². The number of rotatable bonds is 5. The first-order chi connectivity index (χ1) is 10.9. The van der Waals surface area contributed by atoms with Gasteiger partial charge >= 0.3 is 0 Å². The van der Waals surface area contributed by atoms with Gasteiger partial charge in [-0.05, 0) is 45.0 Å². The third-order valence-corrected chi connectivity index (χ3v) is 4.89. The average Bonchev–Trinajstić information content (AvgIpc) is 2.82. The van der Waals surface area contributed by atoms with Gasteiger partial charge in [-0.25, -0.2) is 4.98 Å². The first-order valence-corrected chi connectivity index (χ1v) is 8.80. The second kappa shape index (κ2) is 7.70. The normalized spacial score (nSPS) is 10.4. The number of anilines is 1. The van der Waals surface area contributed by atoms with Crippen molar-refractivity contribution in [2.24, 2.45) is 0 Å². The lowest BCUT2D eigenvalue weighted by molar-refractivity contribution is -0.116. The van der Waals surface area contributed by atoms with Crippen LogP contribution in [0.1, 0.15) is 27.9 Å². The number of hydrogen-bond acceptors (Lipinski definition) is 4. The average molecular weight is 396 g/mol. The van der Waals surface area contributed by atoms with Gasteiger partial charge < -0.3 is 10.2 Å². The van der Waals surface area contributed by atoms with E-state index in [4.69, 9.17) is 0 Å². The van der Waals surface area contributed by atoms with E-state index < -0.39 is 0 Å². The van der Waals surface area contributed by atoms with E-state index in [0.717, 1.165) is 15.0 Å². The summed E-state index contributed by atoms with van der Waals surface area (Å²) in [6, 6.07) is 7.09. The first-order valence-electron chi connectivity index (χ1n) is 7.19.